The van der Waals surface area contributed by atoms with Crippen LogP contribution in [0.3, 0.4) is 0 Å². The van der Waals surface area contributed by atoms with Crippen LogP contribution >= 0.6 is 0 Å². The van der Waals surface area contributed by atoms with E-state index in [1.165, 1.54) is 32.1 Å². The molecule has 3 nitrogen and oxygen atoms in total. The second-order valence-electron chi connectivity index (χ2n) is 7.59. The highest BCUT2D eigenvalue weighted by Gasteiger charge is 2.43. The van der Waals surface area contributed by atoms with Gasteiger partial charge in [-0.3, -0.25) is 0 Å². The van der Waals surface area contributed by atoms with Crippen molar-refractivity contribution in [3.8, 4) is 0 Å². The summed E-state index contributed by atoms with van der Waals surface area (Å²) in [5, 5.41) is 10.7. The number of hydrogen-bond donors (Lipinski definition) is 1. The van der Waals surface area contributed by atoms with Gasteiger partial charge in [-0.25, -0.2) is 0 Å². The number of rotatable bonds is 2. The van der Waals surface area contributed by atoms with E-state index in [4.69, 9.17) is 4.74 Å². The molecule has 3 fully saturated rings. The zero-order valence-electron chi connectivity index (χ0n) is 12.5. The summed E-state index contributed by atoms with van der Waals surface area (Å²) >= 11 is 0. The van der Waals surface area contributed by atoms with E-state index in [9.17, 15) is 5.11 Å². The third-order valence-electron chi connectivity index (χ3n) is 5.53. The Bertz CT molecular complexity index is 331. The van der Waals surface area contributed by atoms with Gasteiger partial charge in [0.1, 0.15) is 0 Å². The van der Waals surface area contributed by atoms with Crippen LogP contribution in [0, 0.1) is 5.92 Å². The molecule has 0 aromatic carbocycles. The number of piperidine rings is 1. The third-order valence-corrected chi connectivity index (χ3v) is 5.53. The minimum atomic E-state index is -0.343. The Balaban J connectivity index is 1.54. The molecule has 0 aromatic heterocycles. The first-order valence-electron chi connectivity index (χ1n) is 8.09. The van der Waals surface area contributed by atoms with Gasteiger partial charge in [-0.1, -0.05) is 12.8 Å². The summed E-state index contributed by atoms with van der Waals surface area (Å²) in [6.45, 7) is 7.59. The minimum absolute atomic E-state index is 0.0754. The van der Waals surface area contributed by atoms with Gasteiger partial charge in [0.05, 0.1) is 17.3 Å². The average molecular weight is 267 g/mol. The molecule has 3 rings (SSSR count). The molecule has 0 bridgehead atoms. The quantitative estimate of drug-likeness (QED) is 0.834. The first-order chi connectivity index (χ1) is 8.97. The summed E-state index contributed by atoms with van der Waals surface area (Å²) < 4.78 is 6.11. The summed E-state index contributed by atoms with van der Waals surface area (Å²) in [7, 11) is 0. The second-order valence-corrected chi connectivity index (χ2v) is 7.59. The molecule has 3 heteroatoms. The van der Waals surface area contributed by atoms with Crippen molar-refractivity contribution in [2.24, 2.45) is 5.92 Å². The van der Waals surface area contributed by atoms with Crippen molar-refractivity contribution in [1.29, 1.82) is 0 Å². The van der Waals surface area contributed by atoms with Crippen LogP contribution in [0.1, 0.15) is 58.8 Å². The van der Waals surface area contributed by atoms with Crippen molar-refractivity contribution >= 4 is 0 Å². The van der Waals surface area contributed by atoms with Crippen LogP contribution in [-0.4, -0.2) is 46.9 Å². The monoisotopic (exact) mass is 267 g/mol. The molecule has 3 aliphatic rings. The Hall–Kier alpha value is -0.120. The molecule has 1 aliphatic carbocycles. The number of aliphatic hydroxyl groups is 1. The smallest absolute Gasteiger partial charge is 0.0710 e. The van der Waals surface area contributed by atoms with Crippen LogP contribution in [0.5, 0.6) is 0 Å². The van der Waals surface area contributed by atoms with Crippen molar-refractivity contribution in [3.05, 3.63) is 0 Å². The van der Waals surface area contributed by atoms with Gasteiger partial charge in [0.15, 0.2) is 0 Å². The van der Waals surface area contributed by atoms with Crippen LogP contribution in [0.4, 0.5) is 0 Å². The lowest BCUT2D eigenvalue weighted by molar-refractivity contribution is -0.105. The lowest BCUT2D eigenvalue weighted by Gasteiger charge is -2.47. The van der Waals surface area contributed by atoms with E-state index in [0.717, 1.165) is 32.5 Å². The fourth-order valence-corrected chi connectivity index (χ4v) is 4.30. The normalized spacial score (nSPS) is 43.1. The van der Waals surface area contributed by atoms with Gasteiger partial charge in [0.2, 0.25) is 0 Å². The Morgan fingerprint density at radius 1 is 1.16 bits per heavy atom. The van der Waals surface area contributed by atoms with Gasteiger partial charge in [-0.2, -0.15) is 0 Å². The topological polar surface area (TPSA) is 32.7 Å². The molecule has 0 spiro atoms. The number of nitrogens with zero attached hydrogens (tertiary/aromatic N) is 1. The maximum absolute atomic E-state index is 10.7. The molecule has 2 aliphatic heterocycles. The van der Waals surface area contributed by atoms with Gasteiger partial charge in [0.25, 0.3) is 0 Å². The molecule has 0 aromatic rings. The highest BCUT2D eigenvalue weighted by atomic mass is 16.5. The van der Waals surface area contributed by atoms with Crippen molar-refractivity contribution in [3.63, 3.8) is 0 Å². The van der Waals surface area contributed by atoms with E-state index in [1.807, 2.05) is 0 Å². The van der Waals surface area contributed by atoms with Crippen LogP contribution in [0.15, 0.2) is 0 Å². The fraction of sp³-hybridized carbons (Fsp3) is 1.00. The van der Waals surface area contributed by atoms with Crippen LogP contribution in [0.25, 0.3) is 0 Å². The maximum Gasteiger partial charge on any atom is 0.0710 e. The molecule has 1 N–H and O–H groups in total. The van der Waals surface area contributed by atoms with Crippen LogP contribution in [0.2, 0.25) is 0 Å². The lowest BCUT2D eigenvalue weighted by atomic mass is 9.71. The zero-order valence-corrected chi connectivity index (χ0v) is 12.5. The predicted octanol–water partition coefficient (Wildman–Crippen LogP) is 2.57. The van der Waals surface area contributed by atoms with E-state index in [0.29, 0.717) is 12.0 Å². The van der Waals surface area contributed by atoms with Crippen molar-refractivity contribution in [2.45, 2.75) is 76.1 Å². The molecule has 110 valence electrons. The highest BCUT2D eigenvalue weighted by molar-refractivity contribution is 4.96. The van der Waals surface area contributed by atoms with Crippen LogP contribution in [-0.2, 0) is 4.74 Å². The Morgan fingerprint density at radius 3 is 2.74 bits per heavy atom. The maximum atomic E-state index is 10.7. The van der Waals surface area contributed by atoms with E-state index in [2.05, 4.69) is 18.7 Å². The molecule has 0 radical (unpaired) electrons. The van der Waals surface area contributed by atoms with E-state index >= 15 is 0 Å². The van der Waals surface area contributed by atoms with Crippen LogP contribution < -0.4 is 0 Å². The molecule has 3 unspecified atom stereocenters. The van der Waals surface area contributed by atoms with Crippen molar-refractivity contribution < 1.29 is 9.84 Å². The van der Waals surface area contributed by atoms with Gasteiger partial charge in [-0.15, -0.1) is 0 Å². The molecule has 2 saturated heterocycles. The van der Waals surface area contributed by atoms with Crippen molar-refractivity contribution in [2.75, 3.05) is 19.6 Å². The fourth-order valence-electron chi connectivity index (χ4n) is 4.30. The Labute approximate surface area is 117 Å². The third kappa shape index (κ3) is 2.98. The summed E-state index contributed by atoms with van der Waals surface area (Å²) in [5.41, 5.74) is -0.267. The van der Waals surface area contributed by atoms with Crippen molar-refractivity contribution in [1.82, 2.24) is 4.90 Å². The SMILES string of the molecule is CC1(C)CCC(CN2CCC3(O)CCCCC3C2)O1. The number of fused-ring (bicyclic) bond motifs is 1. The summed E-state index contributed by atoms with van der Waals surface area (Å²) in [4.78, 5) is 2.54. The zero-order chi connectivity index (χ0) is 13.5. The minimum Gasteiger partial charge on any atom is -0.390 e. The number of hydrogen-bond acceptors (Lipinski definition) is 3. The molecule has 2 heterocycles. The number of ether oxygens (including phenoxy) is 1. The number of likely N-dealkylation sites (tertiary alicyclic amines) is 1. The summed E-state index contributed by atoms with van der Waals surface area (Å²) in [6, 6.07) is 0. The molecule has 19 heavy (non-hydrogen) atoms. The van der Waals surface area contributed by atoms with Gasteiger partial charge in [0, 0.05) is 25.6 Å². The van der Waals surface area contributed by atoms with Gasteiger partial charge >= 0.3 is 0 Å². The molecular formula is C16H29NO2. The Morgan fingerprint density at radius 2 is 2.00 bits per heavy atom. The first-order valence-corrected chi connectivity index (χ1v) is 8.09. The molecule has 3 atom stereocenters. The summed E-state index contributed by atoms with van der Waals surface area (Å²) in [6.07, 6.45) is 8.50. The standard InChI is InChI=1S/C16H29NO2/c1-15(2)8-6-14(19-15)12-17-10-9-16(18)7-4-3-5-13(16)11-17/h13-14,18H,3-12H2,1-2H3. The van der Waals surface area contributed by atoms with Gasteiger partial charge in [-0.05, 0) is 46.0 Å². The Kier molecular flexibility index (Phi) is 3.65. The average Bonchev–Trinajstić information content (AvgIpc) is 2.69. The predicted molar refractivity (Wildman–Crippen MR) is 76.2 cm³/mol. The largest absolute Gasteiger partial charge is 0.390 e. The summed E-state index contributed by atoms with van der Waals surface area (Å²) in [5.74, 6) is 0.504. The molecule has 0 amide bonds. The van der Waals surface area contributed by atoms with E-state index in [1.54, 1.807) is 0 Å². The second kappa shape index (κ2) is 5.01. The highest BCUT2D eigenvalue weighted by Crippen LogP contribution is 2.40. The first kappa shape index (κ1) is 13.8. The molecular weight excluding hydrogens is 238 g/mol. The van der Waals surface area contributed by atoms with E-state index in [-0.39, 0.29) is 11.2 Å². The van der Waals surface area contributed by atoms with E-state index < -0.39 is 0 Å². The lowest BCUT2D eigenvalue weighted by Crippen LogP contribution is -2.54. The molecule has 1 saturated carbocycles. The van der Waals surface area contributed by atoms with Gasteiger partial charge < -0.3 is 14.7 Å².